The number of rotatable bonds is 4. The quantitative estimate of drug-likeness (QED) is 0.754. The van der Waals surface area contributed by atoms with E-state index in [2.05, 4.69) is 14.7 Å². The van der Waals surface area contributed by atoms with Crippen LogP contribution in [0.5, 0.6) is 0 Å². The third-order valence-electron chi connectivity index (χ3n) is 2.28. The van der Waals surface area contributed by atoms with E-state index in [0.717, 1.165) is 12.8 Å². The van der Waals surface area contributed by atoms with E-state index in [1.165, 1.54) is 12.5 Å². The number of hydrogen-bond donors (Lipinski definition) is 2. The number of nitriles is 1. The zero-order valence-electron chi connectivity index (χ0n) is 7.84. The molecule has 15 heavy (non-hydrogen) atoms. The van der Waals surface area contributed by atoms with E-state index < -0.39 is 16.1 Å². The Bertz CT molecular complexity index is 469. The molecule has 1 saturated carbocycles. The highest BCUT2D eigenvalue weighted by molar-refractivity contribution is 7.89. The Morgan fingerprint density at radius 3 is 2.87 bits per heavy atom. The van der Waals surface area contributed by atoms with Gasteiger partial charge in [-0.2, -0.15) is 9.98 Å². The van der Waals surface area contributed by atoms with E-state index >= 15 is 0 Å². The smallest absolute Gasteiger partial charge is 0.258 e. The molecule has 1 aliphatic rings. The van der Waals surface area contributed by atoms with Gasteiger partial charge in [0.15, 0.2) is 5.03 Å². The van der Waals surface area contributed by atoms with E-state index in [1.807, 2.05) is 6.07 Å². The van der Waals surface area contributed by atoms with Crippen LogP contribution in [0.3, 0.4) is 0 Å². The van der Waals surface area contributed by atoms with Crippen molar-refractivity contribution in [1.82, 2.24) is 14.7 Å². The molecule has 0 aliphatic heterocycles. The van der Waals surface area contributed by atoms with Crippen molar-refractivity contribution in [2.24, 2.45) is 5.92 Å². The van der Waals surface area contributed by atoms with E-state index in [1.54, 1.807) is 0 Å². The maximum absolute atomic E-state index is 11.7. The number of imidazole rings is 1. The Labute approximate surface area is 87.4 Å². The van der Waals surface area contributed by atoms with Gasteiger partial charge in [0.1, 0.15) is 6.04 Å². The largest absolute Gasteiger partial charge is 0.335 e. The van der Waals surface area contributed by atoms with Crippen molar-refractivity contribution in [3.8, 4) is 6.07 Å². The summed E-state index contributed by atoms with van der Waals surface area (Å²) < 4.78 is 25.7. The van der Waals surface area contributed by atoms with Crippen LogP contribution in [0.15, 0.2) is 17.6 Å². The van der Waals surface area contributed by atoms with Gasteiger partial charge in [-0.1, -0.05) is 0 Å². The lowest BCUT2D eigenvalue weighted by atomic mass is 10.2. The fourth-order valence-corrected chi connectivity index (χ4v) is 2.39. The molecule has 0 aromatic carbocycles. The van der Waals surface area contributed by atoms with Crippen LogP contribution in [-0.2, 0) is 10.0 Å². The fourth-order valence-electron chi connectivity index (χ4n) is 1.28. The summed E-state index contributed by atoms with van der Waals surface area (Å²) in [6.45, 7) is 0. The van der Waals surface area contributed by atoms with Crippen LogP contribution in [0, 0.1) is 17.2 Å². The molecule has 1 aromatic heterocycles. The molecule has 1 atom stereocenters. The van der Waals surface area contributed by atoms with Crippen molar-refractivity contribution < 1.29 is 8.42 Å². The number of sulfonamides is 1. The summed E-state index contributed by atoms with van der Waals surface area (Å²) >= 11 is 0. The zero-order valence-corrected chi connectivity index (χ0v) is 8.66. The number of nitrogens with zero attached hydrogens (tertiary/aromatic N) is 2. The molecule has 6 nitrogen and oxygen atoms in total. The molecule has 7 heteroatoms. The van der Waals surface area contributed by atoms with Gasteiger partial charge >= 0.3 is 0 Å². The predicted octanol–water partition coefficient (Wildman–Crippen LogP) is -0.00982. The molecule has 1 aromatic rings. The number of H-pyrrole nitrogens is 1. The standard InChI is InChI=1S/C8H10N4O2S/c9-3-7(6-1-2-6)12-15(13,14)8-4-10-5-11-8/h4-7,12H,1-2H2,(H,10,11). The Hall–Kier alpha value is -1.39. The molecule has 0 spiro atoms. The molecular formula is C8H10N4O2S. The molecule has 1 fully saturated rings. The van der Waals surface area contributed by atoms with Crippen LogP contribution in [-0.4, -0.2) is 24.4 Å². The minimum atomic E-state index is -3.62. The molecule has 1 unspecified atom stereocenters. The average molecular weight is 226 g/mol. The minimum Gasteiger partial charge on any atom is -0.335 e. The lowest BCUT2D eigenvalue weighted by Gasteiger charge is -2.09. The molecule has 2 rings (SSSR count). The number of aromatic nitrogens is 2. The van der Waals surface area contributed by atoms with Gasteiger partial charge in [-0.05, 0) is 18.8 Å². The summed E-state index contributed by atoms with van der Waals surface area (Å²) in [5, 5.41) is 8.78. The van der Waals surface area contributed by atoms with Gasteiger partial charge in [-0.25, -0.2) is 13.4 Å². The number of nitrogens with one attached hydrogen (secondary N) is 2. The van der Waals surface area contributed by atoms with Crippen molar-refractivity contribution >= 4 is 10.0 Å². The molecule has 0 saturated heterocycles. The minimum absolute atomic E-state index is 0.0107. The summed E-state index contributed by atoms with van der Waals surface area (Å²) in [5.41, 5.74) is 0. The first kappa shape index (κ1) is 10.1. The number of hydrogen-bond acceptors (Lipinski definition) is 4. The van der Waals surface area contributed by atoms with Crippen molar-refractivity contribution in [2.75, 3.05) is 0 Å². The highest BCUT2D eigenvalue weighted by Crippen LogP contribution is 2.32. The van der Waals surface area contributed by atoms with Gasteiger partial charge in [-0.15, -0.1) is 0 Å². The summed E-state index contributed by atoms with van der Waals surface area (Å²) in [7, 11) is -3.62. The normalized spacial score (nSPS) is 18.3. The summed E-state index contributed by atoms with van der Waals surface area (Å²) in [6.07, 6.45) is 4.31. The monoisotopic (exact) mass is 226 g/mol. The van der Waals surface area contributed by atoms with Crippen LogP contribution >= 0.6 is 0 Å². The molecule has 80 valence electrons. The highest BCUT2D eigenvalue weighted by Gasteiger charge is 2.34. The van der Waals surface area contributed by atoms with Crippen molar-refractivity contribution in [2.45, 2.75) is 23.9 Å². The van der Waals surface area contributed by atoms with Crippen molar-refractivity contribution in [3.05, 3.63) is 12.5 Å². The topological polar surface area (TPSA) is 98.6 Å². The second-order valence-electron chi connectivity index (χ2n) is 3.48. The third-order valence-corrected chi connectivity index (χ3v) is 3.64. The van der Waals surface area contributed by atoms with Crippen LogP contribution in [0.25, 0.3) is 0 Å². The van der Waals surface area contributed by atoms with Crippen LogP contribution in [0.2, 0.25) is 0 Å². The molecule has 0 amide bonds. The van der Waals surface area contributed by atoms with Crippen molar-refractivity contribution in [1.29, 1.82) is 5.26 Å². The summed E-state index contributed by atoms with van der Waals surface area (Å²) in [4.78, 5) is 6.12. The molecule has 1 heterocycles. The lowest BCUT2D eigenvalue weighted by molar-refractivity contribution is 0.557. The zero-order chi connectivity index (χ0) is 10.9. The maximum atomic E-state index is 11.7. The SMILES string of the molecule is N#CC(NS(=O)(=O)c1cnc[nH]1)C1CC1. The predicted molar refractivity (Wildman–Crippen MR) is 51.0 cm³/mol. The molecule has 0 bridgehead atoms. The van der Waals surface area contributed by atoms with E-state index in [0.29, 0.717) is 0 Å². The van der Waals surface area contributed by atoms with Gasteiger partial charge < -0.3 is 4.98 Å². The van der Waals surface area contributed by atoms with Gasteiger partial charge in [0.25, 0.3) is 10.0 Å². The van der Waals surface area contributed by atoms with Crippen LogP contribution in [0.4, 0.5) is 0 Å². The first-order valence-electron chi connectivity index (χ1n) is 4.54. The first-order chi connectivity index (χ1) is 7.13. The van der Waals surface area contributed by atoms with Gasteiger partial charge in [-0.3, -0.25) is 0 Å². The van der Waals surface area contributed by atoms with Crippen molar-refractivity contribution in [3.63, 3.8) is 0 Å². The Morgan fingerprint density at radius 1 is 1.67 bits per heavy atom. The maximum Gasteiger partial charge on any atom is 0.258 e. The second kappa shape index (κ2) is 3.64. The van der Waals surface area contributed by atoms with Gasteiger partial charge in [0.2, 0.25) is 0 Å². The summed E-state index contributed by atoms with van der Waals surface area (Å²) in [5.74, 6) is 0.160. The Balaban J connectivity index is 2.14. The first-order valence-corrected chi connectivity index (χ1v) is 6.02. The Morgan fingerprint density at radius 2 is 2.40 bits per heavy atom. The number of aromatic amines is 1. The summed E-state index contributed by atoms with van der Waals surface area (Å²) in [6, 6.07) is 1.33. The van der Waals surface area contributed by atoms with Crippen LogP contribution < -0.4 is 4.72 Å². The van der Waals surface area contributed by atoms with Gasteiger partial charge in [0.05, 0.1) is 18.6 Å². The van der Waals surface area contributed by atoms with E-state index in [9.17, 15) is 8.42 Å². The lowest BCUT2D eigenvalue weighted by Crippen LogP contribution is -2.35. The Kier molecular flexibility index (Phi) is 2.46. The molecule has 1 aliphatic carbocycles. The van der Waals surface area contributed by atoms with Crippen LogP contribution in [0.1, 0.15) is 12.8 Å². The second-order valence-corrected chi connectivity index (χ2v) is 5.16. The van der Waals surface area contributed by atoms with Gasteiger partial charge in [0, 0.05) is 0 Å². The molecule has 2 N–H and O–H groups in total. The fraction of sp³-hybridized carbons (Fsp3) is 0.500. The molecular weight excluding hydrogens is 216 g/mol. The molecule has 0 radical (unpaired) electrons. The van der Waals surface area contributed by atoms with E-state index in [-0.39, 0.29) is 10.9 Å². The highest BCUT2D eigenvalue weighted by atomic mass is 32.2. The average Bonchev–Trinajstić information content (AvgIpc) is 2.88. The van der Waals surface area contributed by atoms with E-state index in [4.69, 9.17) is 5.26 Å². The third kappa shape index (κ3) is 2.16.